The Hall–Kier alpha value is -1.68. The van der Waals surface area contributed by atoms with E-state index < -0.39 is 0 Å². The molecular weight excluding hydrogens is 477 g/mol. The molecule has 3 rings (SSSR count). The molecule has 0 bridgehead atoms. The van der Waals surface area contributed by atoms with Gasteiger partial charge in [0.2, 0.25) is 0 Å². The van der Waals surface area contributed by atoms with Gasteiger partial charge < -0.3 is 10.6 Å². The van der Waals surface area contributed by atoms with Gasteiger partial charge in [0.1, 0.15) is 0 Å². The molecule has 2 aromatic heterocycles. The van der Waals surface area contributed by atoms with Crippen molar-refractivity contribution in [3.05, 3.63) is 47.0 Å². The Kier molecular flexibility index (Phi) is 9.35. The van der Waals surface area contributed by atoms with Crippen molar-refractivity contribution in [3.63, 3.8) is 0 Å². The summed E-state index contributed by atoms with van der Waals surface area (Å²) in [5.41, 5.74) is 4.60. The maximum absolute atomic E-state index is 4.82. The summed E-state index contributed by atoms with van der Waals surface area (Å²) in [5, 5.41) is 11.5. The number of likely N-dealkylation sites (tertiary alicyclic amines) is 1. The molecule has 1 saturated heterocycles. The first-order valence-electron chi connectivity index (χ1n) is 10.2. The molecule has 1 aliphatic heterocycles. The monoisotopic (exact) mass is 511 g/mol. The van der Waals surface area contributed by atoms with Crippen molar-refractivity contribution in [2.24, 2.45) is 12.0 Å². The maximum Gasteiger partial charge on any atom is 0.191 e. The molecule has 0 amide bonds. The molecule has 0 unspecified atom stereocenters. The number of piperidine rings is 1. The van der Waals surface area contributed by atoms with E-state index in [0.717, 1.165) is 56.4 Å². The van der Waals surface area contributed by atoms with Gasteiger partial charge in [-0.2, -0.15) is 5.10 Å². The fourth-order valence-electron chi connectivity index (χ4n) is 3.67. The number of halogens is 1. The van der Waals surface area contributed by atoms with Crippen LogP contribution in [0.1, 0.15) is 42.4 Å². The van der Waals surface area contributed by atoms with E-state index in [1.807, 2.05) is 24.0 Å². The lowest BCUT2D eigenvalue weighted by Crippen LogP contribution is -2.48. The van der Waals surface area contributed by atoms with Gasteiger partial charge >= 0.3 is 0 Å². The lowest BCUT2D eigenvalue weighted by Gasteiger charge is -2.32. The first-order chi connectivity index (χ1) is 13.6. The lowest BCUT2D eigenvalue weighted by molar-refractivity contribution is 0.196. The molecule has 3 heterocycles. The highest BCUT2D eigenvalue weighted by Crippen LogP contribution is 2.14. The molecule has 0 saturated carbocycles. The SMILES string of the molecule is CCNC(=NCc1c(C)nn(C)c1C)NC1CCN(Cc2ccccn2)CC1.I. The van der Waals surface area contributed by atoms with Gasteiger partial charge in [0, 0.05) is 56.7 Å². The largest absolute Gasteiger partial charge is 0.357 e. The Morgan fingerprint density at radius 3 is 2.59 bits per heavy atom. The molecule has 29 heavy (non-hydrogen) atoms. The average Bonchev–Trinajstić information content (AvgIpc) is 2.94. The maximum atomic E-state index is 4.82. The van der Waals surface area contributed by atoms with Crippen LogP contribution in [0.2, 0.25) is 0 Å². The van der Waals surface area contributed by atoms with E-state index in [1.54, 1.807) is 0 Å². The second-order valence-corrected chi connectivity index (χ2v) is 7.48. The molecule has 1 fully saturated rings. The summed E-state index contributed by atoms with van der Waals surface area (Å²) in [7, 11) is 1.98. The number of rotatable bonds is 6. The van der Waals surface area contributed by atoms with Gasteiger partial charge in [0.05, 0.1) is 17.9 Å². The summed E-state index contributed by atoms with van der Waals surface area (Å²) in [6.07, 6.45) is 4.10. The summed E-state index contributed by atoms with van der Waals surface area (Å²) < 4.78 is 1.93. The molecular formula is C21H34IN7. The van der Waals surface area contributed by atoms with E-state index in [0.29, 0.717) is 12.6 Å². The second-order valence-electron chi connectivity index (χ2n) is 7.48. The van der Waals surface area contributed by atoms with Crippen molar-refractivity contribution < 1.29 is 0 Å². The van der Waals surface area contributed by atoms with Gasteiger partial charge in [0.15, 0.2) is 5.96 Å². The van der Waals surface area contributed by atoms with E-state index >= 15 is 0 Å². The van der Waals surface area contributed by atoms with Crippen molar-refractivity contribution in [3.8, 4) is 0 Å². The van der Waals surface area contributed by atoms with E-state index in [4.69, 9.17) is 4.99 Å². The Morgan fingerprint density at radius 1 is 1.24 bits per heavy atom. The van der Waals surface area contributed by atoms with Crippen LogP contribution in [0.3, 0.4) is 0 Å². The fraction of sp³-hybridized carbons (Fsp3) is 0.571. The van der Waals surface area contributed by atoms with Crippen LogP contribution in [0.4, 0.5) is 0 Å². The molecule has 2 aromatic rings. The molecule has 160 valence electrons. The highest BCUT2D eigenvalue weighted by atomic mass is 127. The number of guanidine groups is 1. The third-order valence-corrected chi connectivity index (χ3v) is 5.44. The third-order valence-electron chi connectivity index (χ3n) is 5.44. The zero-order valence-corrected chi connectivity index (χ0v) is 20.3. The number of aliphatic imine (C=N–C) groups is 1. The summed E-state index contributed by atoms with van der Waals surface area (Å²) in [5.74, 6) is 0.897. The Morgan fingerprint density at radius 2 is 2.00 bits per heavy atom. The van der Waals surface area contributed by atoms with Gasteiger partial charge in [-0.25, -0.2) is 4.99 Å². The normalized spacial score (nSPS) is 15.8. The molecule has 0 atom stereocenters. The van der Waals surface area contributed by atoms with Crippen LogP contribution >= 0.6 is 24.0 Å². The van der Waals surface area contributed by atoms with Crippen LogP contribution < -0.4 is 10.6 Å². The summed E-state index contributed by atoms with van der Waals surface area (Å²) >= 11 is 0. The zero-order chi connectivity index (χ0) is 19.9. The number of pyridine rings is 1. The van der Waals surface area contributed by atoms with Crippen molar-refractivity contribution >= 4 is 29.9 Å². The van der Waals surface area contributed by atoms with Crippen LogP contribution in [0, 0.1) is 13.8 Å². The van der Waals surface area contributed by atoms with Gasteiger partial charge in [-0.1, -0.05) is 6.07 Å². The van der Waals surface area contributed by atoms with Crippen LogP contribution in [0.25, 0.3) is 0 Å². The fourth-order valence-corrected chi connectivity index (χ4v) is 3.67. The van der Waals surface area contributed by atoms with Gasteiger partial charge in [0.25, 0.3) is 0 Å². The summed E-state index contributed by atoms with van der Waals surface area (Å²) in [6, 6.07) is 6.58. The number of hydrogen-bond donors (Lipinski definition) is 2. The zero-order valence-electron chi connectivity index (χ0n) is 18.0. The first-order valence-corrected chi connectivity index (χ1v) is 10.2. The van der Waals surface area contributed by atoms with E-state index in [-0.39, 0.29) is 24.0 Å². The highest BCUT2D eigenvalue weighted by Gasteiger charge is 2.20. The first kappa shape index (κ1) is 23.6. The van der Waals surface area contributed by atoms with Gasteiger partial charge in [-0.3, -0.25) is 14.6 Å². The average molecular weight is 511 g/mol. The van der Waals surface area contributed by atoms with E-state index in [2.05, 4.69) is 58.5 Å². The minimum absolute atomic E-state index is 0. The number of aryl methyl sites for hydroxylation is 2. The smallest absolute Gasteiger partial charge is 0.191 e. The molecule has 0 aliphatic carbocycles. The molecule has 0 radical (unpaired) electrons. The number of nitrogens with zero attached hydrogens (tertiary/aromatic N) is 5. The topological polar surface area (TPSA) is 70.4 Å². The van der Waals surface area contributed by atoms with E-state index in [1.165, 1.54) is 11.3 Å². The van der Waals surface area contributed by atoms with E-state index in [9.17, 15) is 0 Å². The number of hydrogen-bond acceptors (Lipinski definition) is 4. The Labute approximate surface area is 191 Å². The van der Waals surface area contributed by atoms with Crippen molar-refractivity contribution in [2.45, 2.75) is 52.7 Å². The Balaban J connectivity index is 0.00000300. The van der Waals surface area contributed by atoms with Gasteiger partial charge in [-0.05, 0) is 45.7 Å². The van der Waals surface area contributed by atoms with Crippen LogP contribution in [0.15, 0.2) is 29.4 Å². The third kappa shape index (κ3) is 6.67. The van der Waals surface area contributed by atoms with Gasteiger partial charge in [-0.15, -0.1) is 24.0 Å². The minimum atomic E-state index is 0. The quantitative estimate of drug-likeness (QED) is 0.355. The predicted molar refractivity (Wildman–Crippen MR) is 129 cm³/mol. The molecule has 0 aromatic carbocycles. The van der Waals surface area contributed by atoms with Crippen molar-refractivity contribution in [1.82, 2.24) is 30.3 Å². The number of aromatic nitrogens is 3. The van der Waals surface area contributed by atoms with Crippen LogP contribution in [0.5, 0.6) is 0 Å². The minimum Gasteiger partial charge on any atom is -0.357 e. The summed E-state index contributed by atoms with van der Waals surface area (Å²) in [6.45, 7) is 10.9. The number of nitrogens with one attached hydrogen (secondary N) is 2. The van der Waals surface area contributed by atoms with Crippen LogP contribution in [-0.4, -0.2) is 51.3 Å². The molecule has 2 N–H and O–H groups in total. The van der Waals surface area contributed by atoms with Crippen molar-refractivity contribution in [1.29, 1.82) is 0 Å². The summed E-state index contributed by atoms with van der Waals surface area (Å²) in [4.78, 5) is 11.7. The Bertz CT molecular complexity index is 780. The standard InChI is InChI=1S/C21H33N7.HI/c1-5-22-21(24-14-20-16(2)26-27(4)17(20)3)25-18-9-12-28(13-10-18)15-19-8-6-7-11-23-19;/h6-8,11,18H,5,9-10,12-15H2,1-4H3,(H2,22,24,25);1H. The second kappa shape index (κ2) is 11.5. The predicted octanol–water partition coefficient (Wildman–Crippen LogP) is 2.77. The molecule has 8 heteroatoms. The highest BCUT2D eigenvalue weighted by molar-refractivity contribution is 14.0. The molecule has 7 nitrogen and oxygen atoms in total. The lowest BCUT2D eigenvalue weighted by atomic mass is 10.0. The molecule has 1 aliphatic rings. The van der Waals surface area contributed by atoms with Crippen molar-refractivity contribution in [2.75, 3.05) is 19.6 Å². The van der Waals surface area contributed by atoms with Crippen LogP contribution in [-0.2, 0) is 20.1 Å². The molecule has 0 spiro atoms.